The molecule has 0 saturated carbocycles. The van der Waals surface area contributed by atoms with Crippen molar-refractivity contribution in [2.45, 2.75) is 6.18 Å². The van der Waals surface area contributed by atoms with Crippen LogP contribution in [0.4, 0.5) is 18.9 Å². The molecule has 1 rings (SSSR count). The maximum Gasteiger partial charge on any atom is 0.416 e. The van der Waals surface area contributed by atoms with Crippen molar-refractivity contribution in [2.75, 3.05) is 0 Å². The second-order valence-corrected chi connectivity index (χ2v) is 4.12. The summed E-state index contributed by atoms with van der Waals surface area (Å²) in [5.41, 5.74) is 14.6. The van der Waals surface area contributed by atoms with Crippen LogP contribution >= 0.6 is 15.9 Å². The Balaban J connectivity index is 3.19. The molecule has 0 bridgehead atoms. The summed E-state index contributed by atoms with van der Waals surface area (Å²) in [6.07, 6.45) is -4.47. The molecular formula is C9H9BrF3N5. The lowest BCUT2D eigenvalue weighted by Crippen LogP contribution is -2.26. The standard InChI is InChI=1S/C9H9BrF3N5/c10-5-1-4(9(11,12)13)2-6(3-5)17-8(16)18-7(14)15/h1-3H,(H6,14,15,16,17,18). The predicted octanol–water partition coefficient (Wildman–Crippen LogP) is 1.69. The van der Waals surface area contributed by atoms with Gasteiger partial charge in [-0.25, -0.2) is 4.99 Å². The molecule has 0 fully saturated rings. The van der Waals surface area contributed by atoms with E-state index in [-0.39, 0.29) is 22.1 Å². The summed E-state index contributed by atoms with van der Waals surface area (Å²) in [5, 5.41) is 0. The van der Waals surface area contributed by atoms with Gasteiger partial charge in [0.05, 0.1) is 11.3 Å². The molecule has 5 nitrogen and oxygen atoms in total. The van der Waals surface area contributed by atoms with Crippen LogP contribution in [0.1, 0.15) is 5.56 Å². The van der Waals surface area contributed by atoms with Crippen molar-refractivity contribution in [1.82, 2.24) is 0 Å². The van der Waals surface area contributed by atoms with E-state index in [2.05, 4.69) is 25.9 Å². The Labute approximate surface area is 109 Å². The molecule has 0 atom stereocenters. The molecule has 0 amide bonds. The Hall–Kier alpha value is -1.77. The van der Waals surface area contributed by atoms with Gasteiger partial charge < -0.3 is 17.2 Å². The molecule has 18 heavy (non-hydrogen) atoms. The van der Waals surface area contributed by atoms with Crippen LogP contribution in [0, 0.1) is 0 Å². The SMILES string of the molecule is NC(N)=NC(N)=Nc1cc(Br)cc(C(F)(F)F)c1. The number of nitrogens with two attached hydrogens (primary N) is 3. The molecular weight excluding hydrogens is 315 g/mol. The van der Waals surface area contributed by atoms with E-state index in [1.807, 2.05) is 0 Å². The first-order valence-corrected chi connectivity index (χ1v) is 5.29. The molecule has 0 aliphatic heterocycles. The number of hydrogen-bond acceptors (Lipinski definition) is 1. The van der Waals surface area contributed by atoms with Gasteiger partial charge in [-0.2, -0.15) is 18.2 Å². The summed E-state index contributed by atoms with van der Waals surface area (Å²) in [4.78, 5) is 7.05. The minimum absolute atomic E-state index is 0.0146. The molecule has 0 unspecified atom stereocenters. The van der Waals surface area contributed by atoms with Crippen molar-refractivity contribution in [3.63, 3.8) is 0 Å². The summed E-state index contributed by atoms with van der Waals surface area (Å²) in [5.74, 6) is -0.663. The Morgan fingerprint density at radius 2 is 1.72 bits per heavy atom. The first kappa shape index (κ1) is 14.3. The summed E-state index contributed by atoms with van der Waals surface area (Å²) in [7, 11) is 0. The lowest BCUT2D eigenvalue weighted by atomic mass is 10.2. The third-order valence-corrected chi connectivity index (χ3v) is 2.16. The molecule has 0 saturated heterocycles. The van der Waals surface area contributed by atoms with Gasteiger partial charge >= 0.3 is 6.18 Å². The molecule has 0 aliphatic carbocycles. The van der Waals surface area contributed by atoms with Crippen LogP contribution in [0.2, 0.25) is 0 Å². The van der Waals surface area contributed by atoms with E-state index < -0.39 is 11.7 Å². The average molecular weight is 324 g/mol. The van der Waals surface area contributed by atoms with Crippen LogP contribution in [0.25, 0.3) is 0 Å². The van der Waals surface area contributed by atoms with Gasteiger partial charge in [-0.3, -0.25) is 0 Å². The molecule has 9 heteroatoms. The van der Waals surface area contributed by atoms with Crippen LogP contribution in [0.5, 0.6) is 0 Å². The maximum absolute atomic E-state index is 12.5. The van der Waals surface area contributed by atoms with Crippen molar-refractivity contribution >= 4 is 33.5 Å². The number of hydrogen-bond donors (Lipinski definition) is 3. The van der Waals surface area contributed by atoms with Gasteiger partial charge in [0.1, 0.15) is 0 Å². The second-order valence-electron chi connectivity index (χ2n) is 3.20. The summed E-state index contributed by atoms with van der Waals surface area (Å²) < 4.78 is 37.8. The molecule has 1 aromatic carbocycles. The zero-order valence-corrected chi connectivity index (χ0v) is 10.5. The van der Waals surface area contributed by atoms with Gasteiger partial charge in [0.25, 0.3) is 0 Å². The number of halogens is 4. The molecule has 0 aliphatic rings. The van der Waals surface area contributed by atoms with Crippen LogP contribution in [0.3, 0.4) is 0 Å². The van der Waals surface area contributed by atoms with E-state index in [1.165, 1.54) is 6.07 Å². The molecule has 1 aromatic rings. The molecule has 0 aromatic heterocycles. The fourth-order valence-electron chi connectivity index (χ4n) is 1.09. The number of aliphatic imine (C=N–C) groups is 2. The third kappa shape index (κ3) is 4.24. The van der Waals surface area contributed by atoms with Crippen LogP contribution in [-0.2, 0) is 6.18 Å². The summed E-state index contributed by atoms with van der Waals surface area (Å²) >= 11 is 2.95. The normalized spacial score (nSPS) is 12.3. The molecule has 0 radical (unpaired) electrons. The van der Waals surface area contributed by atoms with Crippen molar-refractivity contribution in [3.8, 4) is 0 Å². The first-order valence-electron chi connectivity index (χ1n) is 4.50. The van der Waals surface area contributed by atoms with Crippen molar-refractivity contribution in [3.05, 3.63) is 28.2 Å². The largest absolute Gasteiger partial charge is 0.416 e. The number of guanidine groups is 2. The predicted molar refractivity (Wildman–Crippen MR) is 66.2 cm³/mol. The Bertz CT molecular complexity index is 505. The smallest absolute Gasteiger partial charge is 0.370 e. The minimum Gasteiger partial charge on any atom is -0.370 e. The Kier molecular flexibility index (Phi) is 4.17. The van der Waals surface area contributed by atoms with Crippen molar-refractivity contribution in [1.29, 1.82) is 0 Å². The topological polar surface area (TPSA) is 103 Å². The van der Waals surface area contributed by atoms with E-state index in [0.29, 0.717) is 0 Å². The van der Waals surface area contributed by atoms with E-state index >= 15 is 0 Å². The van der Waals surface area contributed by atoms with Crippen LogP contribution < -0.4 is 17.2 Å². The Morgan fingerprint density at radius 1 is 1.11 bits per heavy atom. The zero-order chi connectivity index (χ0) is 13.9. The molecule has 6 N–H and O–H groups in total. The number of nitrogens with zero attached hydrogens (tertiary/aromatic N) is 2. The van der Waals surface area contributed by atoms with Gasteiger partial charge in [-0.15, -0.1) is 0 Å². The van der Waals surface area contributed by atoms with Crippen molar-refractivity contribution in [2.24, 2.45) is 27.2 Å². The summed E-state index contributed by atoms with van der Waals surface area (Å²) in [6, 6.07) is 3.11. The zero-order valence-electron chi connectivity index (χ0n) is 8.87. The fourth-order valence-corrected chi connectivity index (χ4v) is 1.57. The number of benzene rings is 1. The van der Waals surface area contributed by atoms with E-state index in [0.717, 1.165) is 12.1 Å². The highest BCUT2D eigenvalue weighted by atomic mass is 79.9. The van der Waals surface area contributed by atoms with E-state index in [4.69, 9.17) is 17.2 Å². The van der Waals surface area contributed by atoms with E-state index in [9.17, 15) is 13.2 Å². The lowest BCUT2D eigenvalue weighted by Gasteiger charge is -2.08. The van der Waals surface area contributed by atoms with Gasteiger partial charge in [-0.05, 0) is 18.2 Å². The van der Waals surface area contributed by atoms with Gasteiger partial charge in [0.2, 0.25) is 5.96 Å². The van der Waals surface area contributed by atoms with Crippen molar-refractivity contribution < 1.29 is 13.2 Å². The van der Waals surface area contributed by atoms with Crippen LogP contribution in [-0.4, -0.2) is 11.9 Å². The third-order valence-electron chi connectivity index (χ3n) is 1.70. The van der Waals surface area contributed by atoms with Gasteiger partial charge in [-0.1, -0.05) is 15.9 Å². The van der Waals surface area contributed by atoms with E-state index in [1.54, 1.807) is 0 Å². The monoisotopic (exact) mass is 323 g/mol. The minimum atomic E-state index is -4.47. The second kappa shape index (κ2) is 5.25. The highest BCUT2D eigenvalue weighted by molar-refractivity contribution is 9.10. The number of alkyl halides is 3. The highest BCUT2D eigenvalue weighted by Crippen LogP contribution is 2.34. The molecule has 98 valence electrons. The van der Waals surface area contributed by atoms with Gasteiger partial charge in [0.15, 0.2) is 5.96 Å². The first-order chi connectivity index (χ1) is 8.18. The lowest BCUT2D eigenvalue weighted by molar-refractivity contribution is -0.137. The molecule has 0 spiro atoms. The molecule has 0 heterocycles. The quantitative estimate of drug-likeness (QED) is 0.541. The van der Waals surface area contributed by atoms with Crippen LogP contribution in [0.15, 0.2) is 32.7 Å². The maximum atomic E-state index is 12.5. The summed E-state index contributed by atoms with van der Waals surface area (Å²) in [6.45, 7) is 0. The average Bonchev–Trinajstić information content (AvgIpc) is 2.13. The number of rotatable bonds is 1. The highest BCUT2D eigenvalue weighted by Gasteiger charge is 2.31. The van der Waals surface area contributed by atoms with Gasteiger partial charge in [0, 0.05) is 4.47 Å². The fraction of sp³-hybridized carbons (Fsp3) is 0.111. The Morgan fingerprint density at radius 3 is 2.22 bits per heavy atom.